The standard InChI is InChI=1S/C34H35F2NO3/c35-34(36)32(39-24-29-17-9-3-10-18-29)22-37(21-27-13-5-1-6-14-27)31(26-38-23-28-15-7-2-8-16-28)33(34)40-25-30-19-11-4-12-20-30/h1-20,31-33H,21-26H2/t31-,32-,33+/m0/s1. The van der Waals surface area contributed by atoms with Crippen LogP contribution in [0, 0.1) is 0 Å². The molecule has 1 saturated heterocycles. The van der Waals surface area contributed by atoms with Gasteiger partial charge >= 0.3 is 5.92 Å². The summed E-state index contributed by atoms with van der Waals surface area (Å²) in [6.45, 7) is 1.14. The van der Waals surface area contributed by atoms with Gasteiger partial charge in [-0.25, -0.2) is 8.78 Å². The van der Waals surface area contributed by atoms with Gasteiger partial charge in [-0.15, -0.1) is 0 Å². The normalized spacial score (nSPS) is 20.8. The van der Waals surface area contributed by atoms with Crippen LogP contribution in [0.4, 0.5) is 8.78 Å². The molecule has 0 bridgehead atoms. The first-order valence-corrected chi connectivity index (χ1v) is 13.7. The number of piperidine rings is 1. The fourth-order valence-corrected chi connectivity index (χ4v) is 5.08. The zero-order valence-corrected chi connectivity index (χ0v) is 22.4. The Kier molecular flexibility index (Phi) is 9.68. The summed E-state index contributed by atoms with van der Waals surface area (Å²) in [4.78, 5) is 2.03. The molecule has 6 heteroatoms. The Bertz CT molecular complexity index is 1280. The van der Waals surface area contributed by atoms with Crippen LogP contribution in [0.15, 0.2) is 121 Å². The van der Waals surface area contributed by atoms with Crippen molar-refractivity contribution in [2.75, 3.05) is 13.2 Å². The first kappa shape index (κ1) is 28.1. The Morgan fingerprint density at radius 3 is 1.57 bits per heavy atom. The summed E-state index contributed by atoms with van der Waals surface area (Å²) in [5.41, 5.74) is 3.71. The lowest BCUT2D eigenvalue weighted by molar-refractivity contribution is -0.266. The Balaban J connectivity index is 1.40. The second-order valence-corrected chi connectivity index (χ2v) is 10.2. The van der Waals surface area contributed by atoms with Gasteiger partial charge in [0, 0.05) is 13.1 Å². The number of benzene rings is 4. The maximum atomic E-state index is 16.3. The molecule has 0 spiro atoms. The van der Waals surface area contributed by atoms with E-state index in [2.05, 4.69) is 0 Å². The molecular formula is C34H35F2NO3. The molecule has 0 amide bonds. The van der Waals surface area contributed by atoms with Crippen molar-refractivity contribution in [1.82, 2.24) is 4.90 Å². The summed E-state index contributed by atoms with van der Waals surface area (Å²) < 4.78 is 50.8. The van der Waals surface area contributed by atoms with Crippen molar-refractivity contribution in [2.24, 2.45) is 0 Å². The van der Waals surface area contributed by atoms with Gasteiger partial charge in [-0.3, -0.25) is 4.90 Å². The van der Waals surface area contributed by atoms with E-state index in [0.29, 0.717) is 13.2 Å². The highest BCUT2D eigenvalue weighted by Gasteiger charge is 2.58. The minimum atomic E-state index is -3.24. The molecule has 1 aliphatic heterocycles. The molecule has 0 unspecified atom stereocenters. The SMILES string of the molecule is FC1(F)[C@@H](OCc2ccccc2)CN(Cc2ccccc2)[C@@H](COCc2ccccc2)[C@H]1OCc1ccccc1. The van der Waals surface area contributed by atoms with Crippen LogP contribution in [0.2, 0.25) is 0 Å². The molecule has 4 aromatic carbocycles. The van der Waals surface area contributed by atoms with Crippen molar-refractivity contribution >= 4 is 0 Å². The predicted molar refractivity (Wildman–Crippen MR) is 152 cm³/mol. The van der Waals surface area contributed by atoms with Crippen LogP contribution in [0.3, 0.4) is 0 Å². The molecule has 1 aliphatic rings. The second kappa shape index (κ2) is 13.8. The van der Waals surface area contributed by atoms with Gasteiger partial charge in [0.2, 0.25) is 0 Å². The van der Waals surface area contributed by atoms with E-state index in [1.54, 1.807) is 0 Å². The summed E-state index contributed by atoms with van der Waals surface area (Å²) in [7, 11) is 0. The van der Waals surface area contributed by atoms with Crippen molar-refractivity contribution in [1.29, 1.82) is 0 Å². The maximum absolute atomic E-state index is 16.3. The lowest BCUT2D eigenvalue weighted by Gasteiger charge is -2.48. The summed E-state index contributed by atoms with van der Waals surface area (Å²) in [5.74, 6) is -3.24. The minimum Gasteiger partial charge on any atom is -0.375 e. The van der Waals surface area contributed by atoms with E-state index in [1.165, 1.54) is 0 Å². The van der Waals surface area contributed by atoms with E-state index in [1.807, 2.05) is 126 Å². The molecule has 4 aromatic rings. The Labute approximate surface area is 235 Å². The monoisotopic (exact) mass is 543 g/mol. The Morgan fingerprint density at radius 1 is 0.600 bits per heavy atom. The summed E-state index contributed by atoms with van der Waals surface area (Å²) in [6, 6.07) is 37.8. The number of hydrogen-bond acceptors (Lipinski definition) is 4. The highest BCUT2D eigenvalue weighted by atomic mass is 19.3. The molecule has 0 aromatic heterocycles. The molecule has 4 nitrogen and oxygen atoms in total. The minimum absolute atomic E-state index is 0.0548. The lowest BCUT2D eigenvalue weighted by Crippen LogP contribution is -2.67. The second-order valence-electron chi connectivity index (χ2n) is 10.2. The predicted octanol–water partition coefficient (Wildman–Crippen LogP) is 6.89. The fraction of sp³-hybridized carbons (Fsp3) is 0.294. The summed E-state index contributed by atoms with van der Waals surface area (Å²) >= 11 is 0. The first-order chi connectivity index (χ1) is 19.6. The third kappa shape index (κ3) is 7.40. The van der Waals surface area contributed by atoms with Crippen LogP contribution in [0.5, 0.6) is 0 Å². The van der Waals surface area contributed by atoms with Gasteiger partial charge in [0.25, 0.3) is 0 Å². The van der Waals surface area contributed by atoms with Crippen LogP contribution >= 0.6 is 0 Å². The lowest BCUT2D eigenvalue weighted by atomic mass is 9.91. The number of halogens is 2. The van der Waals surface area contributed by atoms with Crippen molar-refractivity contribution in [3.63, 3.8) is 0 Å². The van der Waals surface area contributed by atoms with Gasteiger partial charge in [-0.1, -0.05) is 121 Å². The molecule has 0 saturated carbocycles. The molecular weight excluding hydrogens is 508 g/mol. The molecule has 0 radical (unpaired) electrons. The summed E-state index contributed by atoms with van der Waals surface area (Å²) in [6.07, 6.45) is -2.77. The van der Waals surface area contributed by atoms with Crippen LogP contribution in [-0.4, -0.2) is 42.2 Å². The van der Waals surface area contributed by atoms with E-state index in [0.717, 1.165) is 22.3 Å². The first-order valence-electron chi connectivity index (χ1n) is 13.7. The number of hydrogen-bond donors (Lipinski definition) is 0. The third-order valence-electron chi connectivity index (χ3n) is 7.22. The molecule has 0 N–H and O–H groups in total. The number of rotatable bonds is 12. The molecule has 5 rings (SSSR count). The van der Waals surface area contributed by atoms with E-state index < -0.39 is 24.2 Å². The Hall–Kier alpha value is -3.42. The largest absolute Gasteiger partial charge is 0.375 e. The fourth-order valence-electron chi connectivity index (χ4n) is 5.08. The van der Waals surface area contributed by atoms with Gasteiger partial charge in [-0.2, -0.15) is 0 Å². The highest BCUT2D eigenvalue weighted by Crippen LogP contribution is 2.38. The van der Waals surface area contributed by atoms with Gasteiger partial charge in [0.05, 0.1) is 32.5 Å². The van der Waals surface area contributed by atoms with E-state index >= 15 is 8.78 Å². The van der Waals surface area contributed by atoms with Crippen LogP contribution in [0.1, 0.15) is 22.3 Å². The molecule has 208 valence electrons. The quantitative estimate of drug-likeness (QED) is 0.195. The van der Waals surface area contributed by atoms with Gasteiger partial charge in [-0.05, 0) is 22.3 Å². The van der Waals surface area contributed by atoms with Gasteiger partial charge in [0.1, 0.15) is 12.2 Å². The van der Waals surface area contributed by atoms with Crippen molar-refractivity contribution in [3.05, 3.63) is 144 Å². The van der Waals surface area contributed by atoms with Crippen molar-refractivity contribution < 1.29 is 23.0 Å². The molecule has 3 atom stereocenters. The maximum Gasteiger partial charge on any atom is 0.302 e. The zero-order chi connectivity index (χ0) is 27.6. The number of alkyl halides is 2. The average molecular weight is 544 g/mol. The Morgan fingerprint density at radius 2 is 1.05 bits per heavy atom. The molecule has 0 aliphatic carbocycles. The molecule has 40 heavy (non-hydrogen) atoms. The molecule has 1 heterocycles. The number of nitrogens with zero attached hydrogens (tertiary/aromatic N) is 1. The average Bonchev–Trinajstić information content (AvgIpc) is 2.99. The van der Waals surface area contributed by atoms with Crippen LogP contribution in [0.25, 0.3) is 0 Å². The zero-order valence-electron chi connectivity index (χ0n) is 22.4. The van der Waals surface area contributed by atoms with Crippen molar-refractivity contribution in [3.8, 4) is 0 Å². The van der Waals surface area contributed by atoms with Crippen molar-refractivity contribution in [2.45, 2.75) is 50.5 Å². The highest BCUT2D eigenvalue weighted by molar-refractivity contribution is 5.18. The third-order valence-corrected chi connectivity index (χ3v) is 7.22. The smallest absolute Gasteiger partial charge is 0.302 e. The summed E-state index contributed by atoms with van der Waals surface area (Å²) in [5, 5.41) is 0. The topological polar surface area (TPSA) is 30.9 Å². The van der Waals surface area contributed by atoms with E-state index in [-0.39, 0.29) is 26.4 Å². The van der Waals surface area contributed by atoms with Crippen LogP contribution < -0.4 is 0 Å². The van der Waals surface area contributed by atoms with E-state index in [9.17, 15) is 0 Å². The van der Waals surface area contributed by atoms with Gasteiger partial charge < -0.3 is 14.2 Å². The number of likely N-dealkylation sites (tertiary alicyclic amines) is 1. The van der Waals surface area contributed by atoms with Gasteiger partial charge in [0.15, 0.2) is 0 Å². The van der Waals surface area contributed by atoms with E-state index in [4.69, 9.17) is 14.2 Å². The number of ether oxygens (including phenoxy) is 3. The van der Waals surface area contributed by atoms with Crippen LogP contribution in [-0.2, 0) is 40.6 Å². The molecule has 1 fully saturated rings.